The lowest BCUT2D eigenvalue weighted by atomic mass is 9.82. The van der Waals surface area contributed by atoms with Crippen LogP contribution in [0.5, 0.6) is 0 Å². The number of furan rings is 2. The highest BCUT2D eigenvalue weighted by Gasteiger charge is 2.37. The fourth-order valence-corrected chi connectivity index (χ4v) is 10.4. The number of para-hydroxylation sites is 1. The third-order valence-electron chi connectivity index (χ3n) is 13.5. The van der Waals surface area contributed by atoms with E-state index in [-0.39, 0.29) is 5.41 Å². The largest absolute Gasteiger partial charge is 0.455 e. The summed E-state index contributed by atoms with van der Waals surface area (Å²) in [5.74, 6) is 0. The molecule has 292 valence electrons. The van der Waals surface area contributed by atoms with Gasteiger partial charge in [-0.2, -0.15) is 0 Å². The molecule has 2 heterocycles. The van der Waals surface area contributed by atoms with Crippen molar-refractivity contribution in [1.82, 2.24) is 0 Å². The van der Waals surface area contributed by atoms with Gasteiger partial charge in [0.1, 0.15) is 22.3 Å². The highest BCUT2D eigenvalue weighted by Crippen LogP contribution is 2.54. The van der Waals surface area contributed by atoms with E-state index in [1.54, 1.807) is 0 Å². The molecule has 1 aliphatic rings. The Morgan fingerprint density at radius 1 is 0.371 bits per heavy atom. The first-order valence-corrected chi connectivity index (χ1v) is 21.4. The van der Waals surface area contributed by atoms with Crippen LogP contribution in [-0.2, 0) is 5.41 Å². The zero-order valence-corrected chi connectivity index (χ0v) is 34.3. The van der Waals surface area contributed by atoms with Crippen molar-refractivity contribution in [2.45, 2.75) is 19.3 Å². The highest BCUT2D eigenvalue weighted by molar-refractivity contribution is 6.18. The Hall–Kier alpha value is -7.88. The molecule has 0 saturated heterocycles. The predicted octanol–water partition coefficient (Wildman–Crippen LogP) is 16.9. The minimum Gasteiger partial charge on any atom is -0.455 e. The Bertz CT molecular complexity index is 3770. The van der Waals surface area contributed by atoms with Crippen molar-refractivity contribution < 1.29 is 8.83 Å². The average Bonchev–Trinajstić information content (AvgIpc) is 3.98. The standard InChI is InChI=1S/C59H39NO2/c1-59(2)51-18-8-7-15-49(51)55-52(59)19-10-20-53(55)60(41-28-21-36(22-29-41)40-27-34-54-50(35-40)48-33-26-37-11-3-5-13-43(37)56(48)61-54)42-30-23-39(24-31-42)45-16-9-17-46-47-32-25-38-12-4-6-14-44(38)58(47)62-57(45)46/h3-35H,1-2H3. The Morgan fingerprint density at radius 3 is 1.66 bits per heavy atom. The number of anilines is 3. The zero-order chi connectivity index (χ0) is 41.1. The molecule has 13 rings (SSSR count). The number of hydrogen-bond acceptors (Lipinski definition) is 3. The van der Waals surface area contributed by atoms with Crippen LogP contribution in [0.15, 0.2) is 209 Å². The lowest BCUT2D eigenvalue weighted by molar-refractivity contribution is 0.660. The summed E-state index contributed by atoms with van der Waals surface area (Å²) in [5.41, 5.74) is 16.7. The van der Waals surface area contributed by atoms with Crippen LogP contribution in [0, 0.1) is 0 Å². The maximum atomic E-state index is 6.76. The van der Waals surface area contributed by atoms with E-state index in [0.29, 0.717) is 0 Å². The van der Waals surface area contributed by atoms with Gasteiger partial charge in [-0.3, -0.25) is 0 Å². The fraction of sp³-hybridized carbons (Fsp3) is 0.0508. The zero-order valence-electron chi connectivity index (χ0n) is 34.3. The molecular formula is C59H39NO2. The Morgan fingerprint density at radius 2 is 0.919 bits per heavy atom. The van der Waals surface area contributed by atoms with Gasteiger partial charge in [-0.15, -0.1) is 0 Å². The molecule has 0 amide bonds. The number of fused-ring (bicyclic) bond motifs is 13. The second-order valence-corrected chi connectivity index (χ2v) is 17.2. The van der Waals surface area contributed by atoms with Crippen LogP contribution in [0.25, 0.3) is 98.8 Å². The SMILES string of the molecule is CC1(C)c2ccccc2-c2c(N(c3ccc(-c4ccc5oc6c7ccccc7ccc6c5c4)cc3)c3ccc(-c4cccc5c4oc4c6ccccc6ccc54)cc3)cccc21. The van der Waals surface area contributed by atoms with E-state index in [9.17, 15) is 0 Å². The molecular weight excluding hydrogens is 755 g/mol. The van der Waals surface area contributed by atoms with E-state index in [1.807, 2.05) is 0 Å². The first kappa shape index (κ1) is 34.9. The van der Waals surface area contributed by atoms with Crippen molar-refractivity contribution in [3.8, 4) is 33.4 Å². The summed E-state index contributed by atoms with van der Waals surface area (Å²) < 4.78 is 13.2. The van der Waals surface area contributed by atoms with Crippen molar-refractivity contribution in [2.24, 2.45) is 0 Å². The molecule has 0 bridgehead atoms. The summed E-state index contributed by atoms with van der Waals surface area (Å²) in [5, 5.41) is 9.16. The molecule has 12 aromatic rings. The van der Waals surface area contributed by atoms with Gasteiger partial charge in [0, 0.05) is 60.2 Å². The van der Waals surface area contributed by atoms with Gasteiger partial charge in [-0.1, -0.05) is 159 Å². The van der Waals surface area contributed by atoms with Crippen LogP contribution < -0.4 is 4.90 Å². The van der Waals surface area contributed by atoms with Crippen molar-refractivity contribution in [1.29, 1.82) is 0 Å². The first-order valence-electron chi connectivity index (χ1n) is 21.4. The van der Waals surface area contributed by atoms with Gasteiger partial charge in [0.15, 0.2) is 0 Å². The van der Waals surface area contributed by atoms with Gasteiger partial charge < -0.3 is 13.7 Å². The third-order valence-corrected chi connectivity index (χ3v) is 13.5. The molecule has 1 aliphatic carbocycles. The van der Waals surface area contributed by atoms with Gasteiger partial charge in [0.2, 0.25) is 0 Å². The molecule has 0 saturated carbocycles. The molecule has 0 atom stereocenters. The van der Waals surface area contributed by atoms with Crippen molar-refractivity contribution in [3.63, 3.8) is 0 Å². The van der Waals surface area contributed by atoms with Gasteiger partial charge in [0.25, 0.3) is 0 Å². The van der Waals surface area contributed by atoms with E-state index in [4.69, 9.17) is 8.83 Å². The molecule has 3 heteroatoms. The lowest BCUT2D eigenvalue weighted by Gasteiger charge is -2.29. The first-order chi connectivity index (χ1) is 30.5. The van der Waals surface area contributed by atoms with Crippen LogP contribution in [-0.4, -0.2) is 0 Å². The van der Waals surface area contributed by atoms with Crippen molar-refractivity contribution in [3.05, 3.63) is 211 Å². The van der Waals surface area contributed by atoms with E-state index in [0.717, 1.165) is 94.0 Å². The maximum Gasteiger partial charge on any atom is 0.143 e. The number of benzene rings is 10. The quantitative estimate of drug-likeness (QED) is 0.174. The normalized spacial score (nSPS) is 13.1. The molecule has 2 aromatic heterocycles. The van der Waals surface area contributed by atoms with Gasteiger partial charge in [0.05, 0.1) is 5.69 Å². The Labute approximate surface area is 358 Å². The highest BCUT2D eigenvalue weighted by atomic mass is 16.3. The summed E-state index contributed by atoms with van der Waals surface area (Å²) in [6.07, 6.45) is 0. The maximum absolute atomic E-state index is 6.76. The smallest absolute Gasteiger partial charge is 0.143 e. The van der Waals surface area contributed by atoms with Crippen molar-refractivity contribution in [2.75, 3.05) is 4.90 Å². The second-order valence-electron chi connectivity index (χ2n) is 17.2. The fourth-order valence-electron chi connectivity index (χ4n) is 10.4. The third kappa shape index (κ3) is 5.06. The number of rotatable bonds is 5. The molecule has 0 radical (unpaired) electrons. The van der Waals surface area contributed by atoms with Gasteiger partial charge in [-0.05, 0) is 98.8 Å². The Kier molecular flexibility index (Phi) is 7.36. The summed E-state index contributed by atoms with van der Waals surface area (Å²) in [6.45, 7) is 4.69. The number of hydrogen-bond donors (Lipinski definition) is 0. The van der Waals surface area contributed by atoms with Crippen LogP contribution in [0.1, 0.15) is 25.0 Å². The summed E-state index contributed by atoms with van der Waals surface area (Å²) in [4.78, 5) is 2.43. The van der Waals surface area contributed by atoms with Crippen molar-refractivity contribution >= 4 is 82.5 Å². The Balaban J connectivity index is 0.941. The second kappa shape index (κ2) is 13.1. The molecule has 10 aromatic carbocycles. The predicted molar refractivity (Wildman–Crippen MR) is 259 cm³/mol. The van der Waals surface area contributed by atoms with Gasteiger partial charge in [-0.25, -0.2) is 0 Å². The average molecular weight is 794 g/mol. The van der Waals surface area contributed by atoms with E-state index in [1.165, 1.54) is 33.0 Å². The molecule has 0 unspecified atom stereocenters. The van der Waals surface area contributed by atoms with Gasteiger partial charge >= 0.3 is 0 Å². The molecule has 0 fully saturated rings. The monoisotopic (exact) mass is 793 g/mol. The van der Waals surface area contributed by atoms with Crippen LogP contribution in [0.4, 0.5) is 17.1 Å². The topological polar surface area (TPSA) is 29.5 Å². The molecule has 62 heavy (non-hydrogen) atoms. The summed E-state index contributed by atoms with van der Waals surface area (Å²) >= 11 is 0. The molecule has 3 nitrogen and oxygen atoms in total. The molecule has 0 spiro atoms. The molecule has 0 aliphatic heterocycles. The van der Waals surface area contributed by atoms with Crippen LogP contribution in [0.2, 0.25) is 0 Å². The number of nitrogens with zero attached hydrogens (tertiary/aromatic N) is 1. The van der Waals surface area contributed by atoms with E-state index < -0.39 is 0 Å². The lowest BCUT2D eigenvalue weighted by Crippen LogP contribution is -2.16. The minimum atomic E-state index is -0.125. The van der Waals surface area contributed by atoms with Crippen LogP contribution in [0.3, 0.4) is 0 Å². The summed E-state index contributed by atoms with van der Waals surface area (Å²) in [6, 6.07) is 72.4. The van der Waals surface area contributed by atoms with E-state index in [2.05, 4.69) is 219 Å². The summed E-state index contributed by atoms with van der Waals surface area (Å²) in [7, 11) is 0. The molecule has 0 N–H and O–H groups in total. The van der Waals surface area contributed by atoms with Crippen LogP contribution >= 0.6 is 0 Å². The van der Waals surface area contributed by atoms with E-state index >= 15 is 0 Å². The minimum absolute atomic E-state index is 0.125.